The monoisotopic (exact) mass is 118 g/mol. The van der Waals surface area contributed by atoms with Gasteiger partial charge in [0.15, 0.2) is 5.85 Å². The van der Waals surface area contributed by atoms with Gasteiger partial charge in [0.05, 0.1) is 0 Å². The van der Waals surface area contributed by atoms with E-state index in [4.69, 9.17) is 10.8 Å². The Hall–Kier alpha value is -0.120. The van der Waals surface area contributed by atoms with Crippen LogP contribution < -0.4 is 5.73 Å². The Kier molecular flexibility index (Phi) is 2.40. The Balaban J connectivity index is 3.71. The summed E-state index contributed by atoms with van der Waals surface area (Å²) in [4.78, 5) is 1.58. The van der Waals surface area contributed by atoms with Gasteiger partial charge >= 0.3 is 0 Å². The summed E-state index contributed by atoms with van der Waals surface area (Å²) in [5, 5.41) is 9.10. The molecule has 0 rings (SSSR count). The normalized spacial score (nSPS) is 18.8. The Morgan fingerprint density at radius 2 is 2.00 bits per heavy atom. The Labute approximate surface area is 50.1 Å². The first-order valence-electron chi connectivity index (χ1n) is 2.69. The quantitative estimate of drug-likeness (QED) is 0.483. The molecule has 0 saturated carbocycles. The van der Waals surface area contributed by atoms with Crippen LogP contribution in [0.5, 0.6) is 0 Å². The molecule has 1 atom stereocenters. The number of hydrogen-bond acceptors (Lipinski definition) is 3. The van der Waals surface area contributed by atoms with E-state index in [-0.39, 0.29) is 0 Å². The topological polar surface area (TPSA) is 49.5 Å². The zero-order chi connectivity index (χ0) is 6.78. The Morgan fingerprint density at radius 1 is 1.62 bits per heavy atom. The third-order valence-corrected chi connectivity index (χ3v) is 1.29. The fraction of sp³-hybridized carbons (Fsp3) is 1.00. The van der Waals surface area contributed by atoms with Crippen molar-refractivity contribution in [2.45, 2.75) is 19.2 Å². The average molecular weight is 118 g/mol. The number of rotatable bonds is 2. The molecule has 0 aromatic heterocycles. The van der Waals surface area contributed by atoms with E-state index in [1.807, 2.05) is 6.92 Å². The second kappa shape index (κ2) is 2.44. The van der Waals surface area contributed by atoms with Crippen molar-refractivity contribution in [3.63, 3.8) is 0 Å². The molecule has 3 nitrogen and oxygen atoms in total. The van der Waals surface area contributed by atoms with Gasteiger partial charge in [0.2, 0.25) is 0 Å². The van der Waals surface area contributed by atoms with Crippen molar-refractivity contribution >= 4 is 0 Å². The summed E-state index contributed by atoms with van der Waals surface area (Å²) in [6, 6.07) is 0. The summed E-state index contributed by atoms with van der Waals surface area (Å²) in [5.41, 5.74) is 5.34. The lowest BCUT2D eigenvalue weighted by atomic mass is 10.3. The highest BCUT2D eigenvalue weighted by atomic mass is 16.3. The fourth-order valence-electron chi connectivity index (χ4n) is 0.316. The summed E-state index contributed by atoms with van der Waals surface area (Å²) in [7, 11) is 3.48. The maximum atomic E-state index is 9.10. The highest BCUT2D eigenvalue weighted by molar-refractivity contribution is 4.62. The van der Waals surface area contributed by atoms with Gasteiger partial charge < -0.3 is 5.11 Å². The molecule has 0 aromatic rings. The number of hydrogen-bond donors (Lipinski definition) is 2. The van der Waals surface area contributed by atoms with E-state index in [1.54, 1.807) is 19.0 Å². The summed E-state index contributed by atoms with van der Waals surface area (Å²) < 4.78 is 0. The largest absolute Gasteiger partial charge is 0.363 e. The van der Waals surface area contributed by atoms with Gasteiger partial charge in [-0.1, -0.05) is 6.92 Å². The lowest BCUT2D eigenvalue weighted by Gasteiger charge is -2.28. The van der Waals surface area contributed by atoms with Crippen LogP contribution in [0.25, 0.3) is 0 Å². The molecular weight excluding hydrogens is 104 g/mol. The zero-order valence-corrected chi connectivity index (χ0v) is 5.68. The third kappa shape index (κ3) is 1.78. The first-order valence-corrected chi connectivity index (χ1v) is 2.69. The van der Waals surface area contributed by atoms with E-state index in [1.165, 1.54) is 0 Å². The van der Waals surface area contributed by atoms with E-state index < -0.39 is 5.85 Å². The Morgan fingerprint density at radius 3 is 2.00 bits per heavy atom. The van der Waals surface area contributed by atoms with E-state index >= 15 is 0 Å². The highest BCUT2D eigenvalue weighted by Gasteiger charge is 2.19. The standard InChI is InChI=1S/C5H14N2O/c1-4-5(6,8)7(2)3/h8H,4,6H2,1-3H3. The van der Waals surface area contributed by atoms with Crippen molar-refractivity contribution in [2.75, 3.05) is 14.1 Å². The van der Waals surface area contributed by atoms with Crippen molar-refractivity contribution in [3.05, 3.63) is 0 Å². The molecule has 50 valence electrons. The molecule has 3 heteroatoms. The molecule has 8 heavy (non-hydrogen) atoms. The van der Waals surface area contributed by atoms with Crippen molar-refractivity contribution in [3.8, 4) is 0 Å². The number of nitrogens with zero attached hydrogens (tertiary/aromatic N) is 1. The third-order valence-electron chi connectivity index (χ3n) is 1.29. The Bertz CT molecular complexity index is 70.8. The van der Waals surface area contributed by atoms with Gasteiger partial charge in [-0.3, -0.25) is 10.6 Å². The minimum atomic E-state index is -1.12. The lowest BCUT2D eigenvalue weighted by Crippen LogP contribution is -2.51. The second-order valence-electron chi connectivity index (χ2n) is 2.13. The van der Waals surface area contributed by atoms with Crippen LogP contribution in [-0.2, 0) is 0 Å². The van der Waals surface area contributed by atoms with Gasteiger partial charge in [-0.2, -0.15) is 0 Å². The van der Waals surface area contributed by atoms with Crippen molar-refractivity contribution in [1.29, 1.82) is 0 Å². The van der Waals surface area contributed by atoms with Crippen LogP contribution in [0.15, 0.2) is 0 Å². The van der Waals surface area contributed by atoms with Crippen LogP contribution in [0.1, 0.15) is 13.3 Å². The maximum absolute atomic E-state index is 9.10. The minimum Gasteiger partial charge on any atom is -0.363 e. The summed E-state index contributed by atoms with van der Waals surface area (Å²) in [6.07, 6.45) is 0.542. The molecule has 0 bridgehead atoms. The van der Waals surface area contributed by atoms with Gasteiger partial charge in [0.25, 0.3) is 0 Å². The molecule has 0 aromatic carbocycles. The predicted molar refractivity (Wildman–Crippen MR) is 33.1 cm³/mol. The first-order chi connectivity index (χ1) is 3.50. The predicted octanol–water partition coefficient (Wildman–Crippen LogP) is -0.437. The van der Waals surface area contributed by atoms with Gasteiger partial charge in [-0.25, -0.2) is 0 Å². The second-order valence-corrected chi connectivity index (χ2v) is 2.13. The molecule has 0 aliphatic heterocycles. The van der Waals surface area contributed by atoms with Crippen LogP contribution in [0, 0.1) is 0 Å². The summed E-state index contributed by atoms with van der Waals surface area (Å²) in [5.74, 6) is -1.12. The summed E-state index contributed by atoms with van der Waals surface area (Å²) >= 11 is 0. The zero-order valence-electron chi connectivity index (χ0n) is 5.68. The molecule has 0 saturated heterocycles. The molecule has 0 heterocycles. The van der Waals surface area contributed by atoms with Crippen LogP contribution in [-0.4, -0.2) is 30.0 Å². The summed E-state index contributed by atoms with van der Waals surface area (Å²) in [6.45, 7) is 1.83. The van der Waals surface area contributed by atoms with Crippen LogP contribution >= 0.6 is 0 Å². The van der Waals surface area contributed by atoms with E-state index in [9.17, 15) is 0 Å². The molecule has 0 amide bonds. The van der Waals surface area contributed by atoms with Crippen molar-refractivity contribution in [1.82, 2.24) is 4.90 Å². The fourth-order valence-corrected chi connectivity index (χ4v) is 0.316. The highest BCUT2D eigenvalue weighted by Crippen LogP contribution is 2.01. The maximum Gasteiger partial charge on any atom is 0.171 e. The van der Waals surface area contributed by atoms with Crippen LogP contribution in [0.4, 0.5) is 0 Å². The minimum absolute atomic E-state index is 0.542. The van der Waals surface area contributed by atoms with Crippen LogP contribution in [0.3, 0.4) is 0 Å². The number of aliphatic hydroxyl groups is 1. The molecule has 0 fully saturated rings. The molecule has 1 unspecified atom stereocenters. The van der Waals surface area contributed by atoms with Gasteiger partial charge in [0, 0.05) is 6.42 Å². The molecule has 0 aliphatic rings. The molecule has 3 N–H and O–H groups in total. The van der Waals surface area contributed by atoms with Gasteiger partial charge in [0.1, 0.15) is 0 Å². The number of nitrogens with two attached hydrogens (primary N) is 1. The average Bonchev–Trinajstić information content (AvgIpc) is 1.67. The van der Waals surface area contributed by atoms with Gasteiger partial charge in [-0.05, 0) is 14.1 Å². The van der Waals surface area contributed by atoms with Crippen molar-refractivity contribution < 1.29 is 5.11 Å². The lowest BCUT2D eigenvalue weighted by molar-refractivity contribution is -0.0794. The molecule has 0 aliphatic carbocycles. The van der Waals surface area contributed by atoms with Gasteiger partial charge in [-0.15, -0.1) is 0 Å². The smallest absolute Gasteiger partial charge is 0.171 e. The van der Waals surface area contributed by atoms with Crippen LogP contribution in [0.2, 0.25) is 0 Å². The van der Waals surface area contributed by atoms with Crippen molar-refractivity contribution in [2.24, 2.45) is 5.73 Å². The SMILES string of the molecule is CCC(N)(O)N(C)C. The van der Waals surface area contributed by atoms with E-state index in [0.717, 1.165) is 0 Å². The van der Waals surface area contributed by atoms with E-state index in [2.05, 4.69) is 0 Å². The molecule has 0 radical (unpaired) electrons. The molecule has 0 spiro atoms. The first kappa shape index (κ1) is 7.88. The molecular formula is C5H14N2O. The van der Waals surface area contributed by atoms with E-state index in [0.29, 0.717) is 6.42 Å².